The predicted octanol–water partition coefficient (Wildman–Crippen LogP) is 3.95. The molecule has 8 heteroatoms. The molecule has 0 fully saturated rings. The normalized spacial score (nSPS) is 10.7. The Morgan fingerprint density at radius 2 is 1.96 bits per heavy atom. The fourth-order valence-corrected chi connectivity index (χ4v) is 2.91. The fraction of sp³-hybridized carbons (Fsp3) is 0. The lowest BCUT2D eigenvalue weighted by atomic mass is 10.0. The molecule has 4 nitrogen and oxygen atoms in total. The SMILES string of the molecule is N#Cc1cc(-c2ncc(C(=O)O)s2)cc2c(F)c(F)cc(F)c12. The van der Waals surface area contributed by atoms with Crippen molar-refractivity contribution in [3.8, 4) is 16.6 Å². The first-order valence-electron chi connectivity index (χ1n) is 6.13. The molecule has 114 valence electrons. The van der Waals surface area contributed by atoms with E-state index in [-0.39, 0.29) is 26.4 Å². The maximum atomic E-state index is 14.0. The molecule has 0 amide bonds. The van der Waals surface area contributed by atoms with Crippen molar-refractivity contribution in [3.05, 3.63) is 52.3 Å². The Bertz CT molecular complexity index is 1010. The first-order chi connectivity index (χ1) is 10.9. The Kier molecular flexibility index (Phi) is 3.50. The van der Waals surface area contributed by atoms with Crippen LogP contribution in [0.3, 0.4) is 0 Å². The molecule has 1 aromatic heterocycles. The number of nitrogens with zero attached hydrogens (tertiary/aromatic N) is 2. The van der Waals surface area contributed by atoms with Crippen LogP contribution in [0.2, 0.25) is 0 Å². The molecule has 0 radical (unpaired) electrons. The number of halogens is 3. The van der Waals surface area contributed by atoms with E-state index in [0.29, 0.717) is 6.07 Å². The molecule has 3 aromatic rings. The van der Waals surface area contributed by atoms with Crippen molar-refractivity contribution in [2.75, 3.05) is 0 Å². The lowest BCUT2D eigenvalue weighted by molar-refractivity contribution is 0.0702. The number of thiazole rings is 1. The minimum Gasteiger partial charge on any atom is -0.477 e. The van der Waals surface area contributed by atoms with E-state index in [1.54, 1.807) is 6.07 Å². The molecular formula is C15H5F3N2O2S. The van der Waals surface area contributed by atoms with Crippen molar-refractivity contribution in [1.82, 2.24) is 4.98 Å². The number of aromatic nitrogens is 1. The third-order valence-electron chi connectivity index (χ3n) is 3.16. The first-order valence-corrected chi connectivity index (χ1v) is 6.95. The van der Waals surface area contributed by atoms with Crippen LogP contribution in [0.25, 0.3) is 21.3 Å². The number of hydrogen-bond donors (Lipinski definition) is 1. The minimum atomic E-state index is -1.37. The molecule has 0 saturated carbocycles. The Balaban J connectivity index is 2.33. The Morgan fingerprint density at radius 1 is 1.22 bits per heavy atom. The van der Waals surface area contributed by atoms with Gasteiger partial charge in [-0.25, -0.2) is 22.9 Å². The number of hydrogen-bond acceptors (Lipinski definition) is 4. The Hall–Kier alpha value is -2.92. The van der Waals surface area contributed by atoms with Crippen LogP contribution in [0.5, 0.6) is 0 Å². The molecule has 0 aliphatic rings. The summed E-state index contributed by atoms with van der Waals surface area (Å²) in [6, 6.07) is 4.51. The van der Waals surface area contributed by atoms with Gasteiger partial charge in [0, 0.05) is 22.4 Å². The van der Waals surface area contributed by atoms with Crippen LogP contribution in [0, 0.1) is 28.8 Å². The molecule has 3 rings (SSSR count). The van der Waals surface area contributed by atoms with E-state index in [0.717, 1.165) is 23.6 Å². The number of carboxylic acids is 1. The second-order valence-corrected chi connectivity index (χ2v) is 5.58. The summed E-state index contributed by atoms with van der Waals surface area (Å²) in [5.74, 6) is -4.89. The molecule has 1 N–H and O–H groups in total. The van der Waals surface area contributed by atoms with Crippen molar-refractivity contribution in [1.29, 1.82) is 5.26 Å². The maximum Gasteiger partial charge on any atom is 0.347 e. The lowest BCUT2D eigenvalue weighted by Gasteiger charge is -2.07. The predicted molar refractivity (Wildman–Crippen MR) is 76.6 cm³/mol. The average Bonchev–Trinajstić information content (AvgIpc) is 3.01. The highest BCUT2D eigenvalue weighted by Gasteiger charge is 2.19. The molecule has 0 unspecified atom stereocenters. The zero-order valence-corrected chi connectivity index (χ0v) is 11.9. The van der Waals surface area contributed by atoms with Gasteiger partial charge < -0.3 is 5.11 Å². The van der Waals surface area contributed by atoms with E-state index in [4.69, 9.17) is 10.4 Å². The second-order valence-electron chi connectivity index (χ2n) is 4.55. The number of nitriles is 1. The van der Waals surface area contributed by atoms with Crippen LogP contribution in [-0.4, -0.2) is 16.1 Å². The molecular weight excluding hydrogens is 329 g/mol. The first kappa shape index (κ1) is 15.0. The monoisotopic (exact) mass is 334 g/mol. The van der Waals surface area contributed by atoms with Gasteiger partial charge in [-0.1, -0.05) is 0 Å². The average molecular weight is 334 g/mol. The molecule has 2 aromatic carbocycles. The van der Waals surface area contributed by atoms with Crippen LogP contribution in [0.15, 0.2) is 24.4 Å². The van der Waals surface area contributed by atoms with Gasteiger partial charge in [-0.3, -0.25) is 0 Å². The van der Waals surface area contributed by atoms with Gasteiger partial charge in [-0.05, 0) is 12.1 Å². The highest BCUT2D eigenvalue weighted by Crippen LogP contribution is 2.33. The van der Waals surface area contributed by atoms with Crippen LogP contribution in [0.1, 0.15) is 15.2 Å². The van der Waals surface area contributed by atoms with E-state index in [1.165, 1.54) is 6.07 Å². The number of aromatic carboxylic acids is 1. The zero-order chi connectivity index (χ0) is 16.7. The smallest absolute Gasteiger partial charge is 0.347 e. The van der Waals surface area contributed by atoms with Crippen molar-refractivity contribution >= 4 is 28.1 Å². The molecule has 0 atom stereocenters. The van der Waals surface area contributed by atoms with Gasteiger partial charge in [0.2, 0.25) is 0 Å². The number of carbonyl (C=O) groups is 1. The molecule has 0 saturated heterocycles. The molecule has 23 heavy (non-hydrogen) atoms. The summed E-state index contributed by atoms with van der Waals surface area (Å²) in [7, 11) is 0. The van der Waals surface area contributed by atoms with Crippen molar-refractivity contribution in [3.63, 3.8) is 0 Å². The van der Waals surface area contributed by atoms with Gasteiger partial charge in [-0.2, -0.15) is 5.26 Å². The van der Waals surface area contributed by atoms with Crippen LogP contribution in [0.4, 0.5) is 13.2 Å². The number of rotatable bonds is 2. The summed E-state index contributed by atoms with van der Waals surface area (Å²) < 4.78 is 41.2. The fourth-order valence-electron chi connectivity index (χ4n) is 2.17. The summed E-state index contributed by atoms with van der Waals surface area (Å²) >= 11 is 0.806. The van der Waals surface area contributed by atoms with Crippen molar-refractivity contribution in [2.45, 2.75) is 0 Å². The van der Waals surface area contributed by atoms with Crippen molar-refractivity contribution in [2.24, 2.45) is 0 Å². The summed E-state index contributed by atoms with van der Waals surface area (Å²) in [6.45, 7) is 0. The van der Waals surface area contributed by atoms with Crippen molar-refractivity contribution < 1.29 is 23.1 Å². The van der Waals surface area contributed by atoms with Gasteiger partial charge in [0.25, 0.3) is 0 Å². The quantitative estimate of drug-likeness (QED) is 0.720. The van der Waals surface area contributed by atoms with Gasteiger partial charge in [0.05, 0.1) is 17.8 Å². The second kappa shape index (κ2) is 5.37. The number of fused-ring (bicyclic) bond motifs is 1. The third kappa shape index (κ3) is 2.41. The van der Waals surface area contributed by atoms with Gasteiger partial charge in [-0.15, -0.1) is 11.3 Å². The van der Waals surface area contributed by atoms with E-state index >= 15 is 0 Å². The number of carboxylic acid groups (broad SMARTS) is 1. The summed E-state index contributed by atoms with van der Waals surface area (Å²) in [5.41, 5.74) is 0.0106. The standard InChI is InChI=1S/C15H5F3N2O2S/c16-9-3-10(17)13(18)8-2-6(1-7(4-19)12(8)9)14-20-5-11(23-14)15(21)22/h1-3,5H,(H,21,22). The van der Waals surface area contributed by atoms with Gasteiger partial charge in [0.15, 0.2) is 11.6 Å². The molecule has 1 heterocycles. The lowest BCUT2D eigenvalue weighted by Crippen LogP contribution is -1.94. The maximum absolute atomic E-state index is 14.0. The summed E-state index contributed by atoms with van der Waals surface area (Å²) in [4.78, 5) is 14.7. The largest absolute Gasteiger partial charge is 0.477 e. The number of benzene rings is 2. The highest BCUT2D eigenvalue weighted by atomic mass is 32.1. The van der Waals surface area contributed by atoms with E-state index < -0.39 is 28.8 Å². The Labute approximate surface area is 131 Å². The van der Waals surface area contributed by atoms with E-state index in [9.17, 15) is 18.0 Å². The minimum absolute atomic E-state index is 0.0514. The molecule has 0 aliphatic carbocycles. The third-order valence-corrected chi connectivity index (χ3v) is 4.20. The summed E-state index contributed by atoms with van der Waals surface area (Å²) in [6.07, 6.45) is 1.11. The van der Waals surface area contributed by atoms with E-state index in [1.807, 2.05) is 0 Å². The van der Waals surface area contributed by atoms with Gasteiger partial charge >= 0.3 is 5.97 Å². The molecule has 0 aliphatic heterocycles. The molecule has 0 spiro atoms. The van der Waals surface area contributed by atoms with E-state index in [2.05, 4.69) is 4.98 Å². The molecule has 0 bridgehead atoms. The van der Waals surface area contributed by atoms with Crippen LogP contribution < -0.4 is 0 Å². The Morgan fingerprint density at radius 3 is 2.57 bits per heavy atom. The van der Waals surface area contributed by atoms with Crippen LogP contribution in [-0.2, 0) is 0 Å². The topological polar surface area (TPSA) is 74.0 Å². The summed E-state index contributed by atoms with van der Waals surface area (Å²) in [5, 5.41) is 17.5. The van der Waals surface area contributed by atoms with Crippen LogP contribution >= 0.6 is 11.3 Å². The van der Waals surface area contributed by atoms with Gasteiger partial charge in [0.1, 0.15) is 15.7 Å². The zero-order valence-electron chi connectivity index (χ0n) is 11.1. The highest BCUT2D eigenvalue weighted by molar-refractivity contribution is 7.16.